The third-order valence-electron chi connectivity index (χ3n) is 3.88. The molecule has 4 heterocycles. The van der Waals surface area contributed by atoms with E-state index in [-0.39, 0.29) is 28.5 Å². The predicted molar refractivity (Wildman–Crippen MR) is 99.2 cm³/mol. The van der Waals surface area contributed by atoms with Crippen molar-refractivity contribution in [3.05, 3.63) is 59.0 Å². The molecule has 0 spiro atoms. The first-order chi connectivity index (χ1) is 13.6. The molecule has 4 rings (SSSR count). The van der Waals surface area contributed by atoms with Crippen LogP contribution in [0.5, 0.6) is 0 Å². The zero-order chi connectivity index (χ0) is 19.7. The molecule has 3 N–H and O–H groups in total. The Morgan fingerprint density at radius 2 is 1.96 bits per heavy atom. The molecular weight excluding hydrogens is 366 g/mol. The second-order valence-corrected chi connectivity index (χ2v) is 5.59. The first kappa shape index (κ1) is 17.1. The van der Waals surface area contributed by atoms with Crippen LogP contribution in [-0.2, 0) is 0 Å². The smallest absolute Gasteiger partial charge is 0.377 e. The van der Waals surface area contributed by atoms with E-state index in [2.05, 4.69) is 30.7 Å². The van der Waals surface area contributed by atoms with E-state index in [0.29, 0.717) is 5.69 Å². The van der Waals surface area contributed by atoms with Crippen molar-refractivity contribution in [1.82, 2.24) is 24.7 Å². The minimum Gasteiger partial charge on any atom is -0.475 e. The van der Waals surface area contributed by atoms with Crippen molar-refractivity contribution in [2.75, 3.05) is 17.7 Å². The number of rotatable bonds is 5. The number of nitrogens with one attached hydrogen (secondary N) is 2. The summed E-state index contributed by atoms with van der Waals surface area (Å²) in [7, 11) is 1.65. The molecule has 0 unspecified atom stereocenters. The quantitative estimate of drug-likeness (QED) is 0.467. The van der Waals surface area contributed by atoms with Gasteiger partial charge >= 0.3 is 5.97 Å². The number of anilines is 3. The minimum atomic E-state index is -1.29. The van der Waals surface area contributed by atoms with Crippen molar-refractivity contribution < 1.29 is 14.4 Å². The Labute approximate surface area is 156 Å². The van der Waals surface area contributed by atoms with Gasteiger partial charge in [0, 0.05) is 31.7 Å². The third kappa shape index (κ3) is 2.90. The maximum absolute atomic E-state index is 12.8. The van der Waals surface area contributed by atoms with Crippen LogP contribution in [0.4, 0.5) is 17.2 Å². The molecule has 0 amide bonds. The van der Waals surface area contributed by atoms with Crippen molar-refractivity contribution in [2.24, 2.45) is 0 Å². The fourth-order valence-electron chi connectivity index (χ4n) is 2.62. The van der Waals surface area contributed by atoms with Crippen molar-refractivity contribution in [2.45, 2.75) is 0 Å². The summed E-state index contributed by atoms with van der Waals surface area (Å²) in [4.78, 5) is 36.5. The van der Waals surface area contributed by atoms with E-state index in [1.165, 1.54) is 17.0 Å². The maximum atomic E-state index is 12.8. The fraction of sp³-hybridized carbons (Fsp3) is 0.0588. The lowest BCUT2D eigenvalue weighted by atomic mass is 10.2. The highest BCUT2D eigenvalue weighted by Gasteiger charge is 2.20. The van der Waals surface area contributed by atoms with Gasteiger partial charge in [-0.1, -0.05) is 5.16 Å². The molecule has 11 nitrogen and oxygen atoms in total. The molecule has 0 aromatic carbocycles. The van der Waals surface area contributed by atoms with Gasteiger partial charge in [-0.2, -0.15) is 0 Å². The van der Waals surface area contributed by atoms with E-state index in [9.17, 15) is 14.7 Å². The third-order valence-corrected chi connectivity index (χ3v) is 3.88. The molecule has 140 valence electrons. The van der Waals surface area contributed by atoms with Gasteiger partial charge in [-0.25, -0.2) is 19.7 Å². The molecule has 0 fully saturated rings. The Morgan fingerprint density at radius 3 is 2.68 bits per heavy atom. The number of hydrogen-bond acceptors (Lipinski definition) is 9. The fourth-order valence-corrected chi connectivity index (χ4v) is 2.62. The number of pyridine rings is 2. The van der Waals surface area contributed by atoms with Gasteiger partial charge < -0.3 is 20.3 Å². The number of hydrogen-bond donors (Lipinski definition) is 3. The van der Waals surface area contributed by atoms with Crippen LogP contribution in [0.3, 0.4) is 0 Å². The maximum Gasteiger partial charge on any atom is 0.377 e. The second-order valence-electron chi connectivity index (χ2n) is 5.59. The molecule has 4 aromatic rings. The number of carbonyl (C=O) groups is 1. The molecule has 0 aliphatic carbocycles. The summed E-state index contributed by atoms with van der Waals surface area (Å²) in [6.07, 6.45) is 4.60. The SMILES string of the molecule is CNc1cc(Nc2cccn(-c3ncccn3)c2=O)nc2c(C(=O)O)onc12. The lowest BCUT2D eigenvalue weighted by Crippen LogP contribution is -2.22. The van der Waals surface area contributed by atoms with Crippen molar-refractivity contribution in [3.8, 4) is 5.95 Å². The Morgan fingerprint density at radius 1 is 1.18 bits per heavy atom. The van der Waals surface area contributed by atoms with E-state index >= 15 is 0 Å². The van der Waals surface area contributed by atoms with E-state index in [0.717, 1.165) is 0 Å². The second kappa shape index (κ2) is 6.79. The number of aromatic carboxylic acids is 1. The number of fused-ring (bicyclic) bond motifs is 1. The Kier molecular flexibility index (Phi) is 4.16. The van der Waals surface area contributed by atoms with Crippen molar-refractivity contribution in [3.63, 3.8) is 0 Å². The first-order valence-electron chi connectivity index (χ1n) is 8.06. The number of nitrogens with zero attached hydrogens (tertiary/aromatic N) is 5. The van der Waals surface area contributed by atoms with Crippen LogP contribution in [-0.4, -0.2) is 42.8 Å². The predicted octanol–water partition coefficient (Wildman–Crippen LogP) is 1.65. The highest BCUT2D eigenvalue weighted by atomic mass is 16.5. The van der Waals surface area contributed by atoms with Gasteiger partial charge in [0.2, 0.25) is 5.95 Å². The van der Waals surface area contributed by atoms with E-state index in [1.807, 2.05) is 0 Å². The average molecular weight is 379 g/mol. The number of carboxylic acids is 1. The molecule has 11 heteroatoms. The number of aromatic nitrogens is 5. The number of carboxylic acid groups (broad SMARTS) is 1. The summed E-state index contributed by atoms with van der Waals surface area (Å²) in [6, 6.07) is 6.46. The topological polar surface area (TPSA) is 148 Å². The van der Waals surface area contributed by atoms with Crippen LogP contribution in [0.15, 0.2) is 52.2 Å². The monoisotopic (exact) mass is 379 g/mol. The Hall–Kier alpha value is -4.28. The summed E-state index contributed by atoms with van der Waals surface area (Å²) >= 11 is 0. The normalized spacial score (nSPS) is 10.8. The first-order valence-corrected chi connectivity index (χ1v) is 8.06. The average Bonchev–Trinajstić information content (AvgIpc) is 3.14. The van der Waals surface area contributed by atoms with Crippen LogP contribution in [0.1, 0.15) is 10.6 Å². The molecule has 0 saturated heterocycles. The summed E-state index contributed by atoms with van der Waals surface area (Å²) in [5.74, 6) is -1.22. The Balaban J connectivity index is 1.80. The molecule has 0 aliphatic heterocycles. The molecular formula is C17H13N7O4. The summed E-state index contributed by atoms with van der Waals surface area (Å²) in [5, 5.41) is 18.8. The lowest BCUT2D eigenvalue weighted by Gasteiger charge is -2.09. The lowest BCUT2D eigenvalue weighted by molar-refractivity contribution is 0.0655. The molecule has 0 atom stereocenters. The van der Waals surface area contributed by atoms with Crippen molar-refractivity contribution in [1.29, 1.82) is 0 Å². The van der Waals surface area contributed by atoms with Crippen LogP contribution in [0.2, 0.25) is 0 Å². The summed E-state index contributed by atoms with van der Waals surface area (Å²) in [5.41, 5.74) is 0.632. The molecule has 0 aliphatic rings. The van der Waals surface area contributed by atoms with Gasteiger partial charge in [0.25, 0.3) is 11.3 Å². The van der Waals surface area contributed by atoms with Gasteiger partial charge in [-0.05, 0) is 18.2 Å². The summed E-state index contributed by atoms with van der Waals surface area (Å²) < 4.78 is 6.14. The van der Waals surface area contributed by atoms with Crippen LogP contribution >= 0.6 is 0 Å². The van der Waals surface area contributed by atoms with Gasteiger partial charge in [0.15, 0.2) is 5.52 Å². The highest BCUT2D eigenvalue weighted by Crippen LogP contribution is 2.27. The van der Waals surface area contributed by atoms with E-state index < -0.39 is 17.3 Å². The highest BCUT2D eigenvalue weighted by molar-refractivity contribution is 6.02. The molecule has 0 saturated carbocycles. The largest absolute Gasteiger partial charge is 0.475 e. The van der Waals surface area contributed by atoms with Crippen LogP contribution in [0, 0.1) is 0 Å². The summed E-state index contributed by atoms with van der Waals surface area (Å²) in [6.45, 7) is 0. The van der Waals surface area contributed by atoms with Gasteiger partial charge in [0.05, 0.1) is 5.69 Å². The van der Waals surface area contributed by atoms with E-state index in [1.54, 1.807) is 37.5 Å². The molecule has 0 radical (unpaired) electrons. The standard InChI is InChI=1S/C17H13N7O4/c1-18-10-8-11(22-13-12(10)23-28-14(13)16(26)27)21-9-4-2-7-24(15(9)25)17-19-5-3-6-20-17/h2-8,18H,1H3,(H,21,22)(H,26,27). The molecule has 0 bridgehead atoms. The molecule has 28 heavy (non-hydrogen) atoms. The van der Waals surface area contributed by atoms with Gasteiger partial charge in [-0.15, -0.1) is 0 Å². The van der Waals surface area contributed by atoms with E-state index in [4.69, 9.17) is 4.52 Å². The zero-order valence-corrected chi connectivity index (χ0v) is 14.4. The van der Waals surface area contributed by atoms with Crippen molar-refractivity contribution >= 4 is 34.2 Å². The minimum absolute atomic E-state index is 0.0597. The Bertz CT molecular complexity index is 1230. The zero-order valence-electron chi connectivity index (χ0n) is 14.4. The molecule has 4 aromatic heterocycles. The van der Waals surface area contributed by atoms with Gasteiger partial charge in [-0.3, -0.25) is 9.36 Å². The van der Waals surface area contributed by atoms with Crippen LogP contribution < -0.4 is 16.2 Å². The van der Waals surface area contributed by atoms with Gasteiger partial charge in [0.1, 0.15) is 17.0 Å². The van der Waals surface area contributed by atoms with Crippen LogP contribution in [0.25, 0.3) is 17.0 Å².